The summed E-state index contributed by atoms with van der Waals surface area (Å²) in [7, 11) is 1.77. The van der Waals surface area contributed by atoms with Crippen molar-refractivity contribution >= 4 is 17.4 Å². The van der Waals surface area contributed by atoms with Crippen LogP contribution in [0.4, 0.5) is 5.82 Å². The van der Waals surface area contributed by atoms with Gasteiger partial charge in [-0.05, 0) is 26.0 Å². The monoisotopic (exact) mass is 248 g/mol. The number of nitrogens with zero attached hydrogens (tertiary/aromatic N) is 5. The number of nitrogens with one attached hydrogen (secondary N) is 1. The zero-order chi connectivity index (χ0) is 13.1. The third-order valence-corrected chi connectivity index (χ3v) is 2.74. The van der Waals surface area contributed by atoms with Gasteiger partial charge in [0.15, 0.2) is 11.5 Å². The number of carbonyl (C=O) groups is 1. The first-order valence-corrected chi connectivity index (χ1v) is 5.78. The molecule has 0 radical (unpaired) electrons. The summed E-state index contributed by atoms with van der Waals surface area (Å²) in [5.74, 6) is 1.37. The fraction of sp³-hybridized carbons (Fsp3) is 0.455. The molecule has 0 aliphatic carbocycles. The van der Waals surface area contributed by atoms with Gasteiger partial charge < -0.3 is 10.2 Å². The number of amides is 1. The number of carbonyl (C=O) groups excluding carboxylic acids is 1. The van der Waals surface area contributed by atoms with E-state index in [1.54, 1.807) is 22.5 Å². The zero-order valence-corrected chi connectivity index (χ0v) is 10.7. The van der Waals surface area contributed by atoms with Gasteiger partial charge in [-0.3, -0.25) is 4.79 Å². The summed E-state index contributed by atoms with van der Waals surface area (Å²) >= 11 is 0. The molecule has 2 rings (SSSR count). The number of rotatable bonds is 4. The van der Waals surface area contributed by atoms with Crippen molar-refractivity contribution in [2.45, 2.75) is 13.8 Å². The first-order valence-electron chi connectivity index (χ1n) is 5.78. The van der Waals surface area contributed by atoms with Gasteiger partial charge in [0.1, 0.15) is 5.82 Å². The van der Waals surface area contributed by atoms with E-state index in [-0.39, 0.29) is 12.5 Å². The predicted molar refractivity (Wildman–Crippen MR) is 67.3 cm³/mol. The summed E-state index contributed by atoms with van der Waals surface area (Å²) in [4.78, 5) is 13.3. The molecule has 18 heavy (non-hydrogen) atoms. The molecule has 0 aliphatic rings. The van der Waals surface area contributed by atoms with E-state index >= 15 is 0 Å². The van der Waals surface area contributed by atoms with Crippen LogP contribution in [0.1, 0.15) is 12.7 Å². The molecular weight excluding hydrogens is 232 g/mol. The highest BCUT2D eigenvalue weighted by Crippen LogP contribution is 2.06. The van der Waals surface area contributed by atoms with E-state index in [0.717, 1.165) is 0 Å². The lowest BCUT2D eigenvalue weighted by Gasteiger charge is -2.14. The third-order valence-electron chi connectivity index (χ3n) is 2.74. The summed E-state index contributed by atoms with van der Waals surface area (Å²) in [5.41, 5.74) is 0.690. The largest absolute Gasteiger partial charge is 0.360 e. The first kappa shape index (κ1) is 12.3. The Hall–Kier alpha value is -2.18. The molecule has 2 heterocycles. The van der Waals surface area contributed by atoms with E-state index in [2.05, 4.69) is 20.6 Å². The molecule has 0 saturated heterocycles. The lowest BCUT2D eigenvalue weighted by Crippen LogP contribution is -2.32. The van der Waals surface area contributed by atoms with E-state index in [0.29, 0.717) is 23.8 Å². The molecule has 7 heteroatoms. The van der Waals surface area contributed by atoms with Gasteiger partial charge in [-0.1, -0.05) is 0 Å². The van der Waals surface area contributed by atoms with E-state index < -0.39 is 0 Å². The molecule has 1 N–H and O–H groups in total. The highest BCUT2D eigenvalue weighted by atomic mass is 16.2. The Bertz CT molecular complexity index is 564. The molecule has 0 aliphatic heterocycles. The molecule has 0 atom stereocenters. The Balaban J connectivity index is 2.08. The van der Waals surface area contributed by atoms with Crippen molar-refractivity contribution in [2.75, 3.05) is 25.5 Å². The van der Waals surface area contributed by atoms with Crippen molar-refractivity contribution in [3.8, 4) is 0 Å². The highest BCUT2D eigenvalue weighted by Gasteiger charge is 2.07. The number of likely N-dealkylation sites (N-methyl/N-ethyl adjacent to an activating group) is 1. The summed E-state index contributed by atoms with van der Waals surface area (Å²) in [5, 5.41) is 15.2. The van der Waals surface area contributed by atoms with Gasteiger partial charge in [0.25, 0.3) is 0 Å². The van der Waals surface area contributed by atoms with E-state index in [1.807, 2.05) is 19.9 Å². The minimum absolute atomic E-state index is 0.0277. The number of hydrogen-bond donors (Lipinski definition) is 1. The Labute approximate surface area is 105 Å². The van der Waals surface area contributed by atoms with Gasteiger partial charge in [0, 0.05) is 13.6 Å². The second-order valence-corrected chi connectivity index (χ2v) is 4.00. The van der Waals surface area contributed by atoms with Crippen LogP contribution in [0.2, 0.25) is 0 Å². The van der Waals surface area contributed by atoms with Crippen LogP contribution in [0.25, 0.3) is 5.65 Å². The minimum atomic E-state index is 0.0277. The molecule has 1 amide bonds. The van der Waals surface area contributed by atoms with Crippen molar-refractivity contribution in [2.24, 2.45) is 0 Å². The average molecular weight is 248 g/mol. The van der Waals surface area contributed by atoms with E-state index in [1.165, 1.54) is 0 Å². The summed E-state index contributed by atoms with van der Waals surface area (Å²) in [6, 6.07) is 3.59. The Morgan fingerprint density at radius 2 is 2.22 bits per heavy atom. The fourth-order valence-electron chi connectivity index (χ4n) is 1.47. The van der Waals surface area contributed by atoms with Crippen LogP contribution < -0.4 is 5.32 Å². The SMILES string of the molecule is CCN(C)C(=O)CNc1ccc2nnc(C)n2n1. The summed E-state index contributed by atoms with van der Waals surface area (Å²) in [6.07, 6.45) is 0. The molecule has 0 unspecified atom stereocenters. The smallest absolute Gasteiger partial charge is 0.241 e. The van der Waals surface area contributed by atoms with Gasteiger partial charge >= 0.3 is 0 Å². The topological polar surface area (TPSA) is 75.4 Å². The first-order chi connectivity index (χ1) is 8.61. The van der Waals surface area contributed by atoms with Crippen molar-refractivity contribution in [1.82, 2.24) is 24.7 Å². The maximum atomic E-state index is 11.6. The van der Waals surface area contributed by atoms with Gasteiger partial charge in [-0.2, -0.15) is 4.52 Å². The number of aromatic nitrogens is 4. The molecule has 0 saturated carbocycles. The Morgan fingerprint density at radius 3 is 2.94 bits per heavy atom. The van der Waals surface area contributed by atoms with Crippen molar-refractivity contribution in [1.29, 1.82) is 0 Å². The minimum Gasteiger partial charge on any atom is -0.360 e. The van der Waals surface area contributed by atoms with Gasteiger partial charge in [0.2, 0.25) is 5.91 Å². The maximum Gasteiger partial charge on any atom is 0.241 e. The predicted octanol–water partition coefficient (Wildman–Crippen LogP) is 0.323. The van der Waals surface area contributed by atoms with Crippen LogP contribution in [0.15, 0.2) is 12.1 Å². The summed E-state index contributed by atoms with van der Waals surface area (Å²) < 4.78 is 1.64. The quantitative estimate of drug-likeness (QED) is 0.843. The molecular formula is C11H16N6O. The van der Waals surface area contributed by atoms with Crippen LogP contribution in [0.3, 0.4) is 0 Å². The number of anilines is 1. The van der Waals surface area contributed by atoms with Crippen molar-refractivity contribution in [3.63, 3.8) is 0 Å². The lowest BCUT2D eigenvalue weighted by atomic mass is 10.4. The average Bonchev–Trinajstić information content (AvgIpc) is 2.76. The van der Waals surface area contributed by atoms with Crippen LogP contribution in [-0.4, -0.2) is 50.8 Å². The normalized spacial score (nSPS) is 10.6. The van der Waals surface area contributed by atoms with Gasteiger partial charge in [-0.15, -0.1) is 15.3 Å². The van der Waals surface area contributed by atoms with Crippen LogP contribution in [0, 0.1) is 6.92 Å². The van der Waals surface area contributed by atoms with Crippen molar-refractivity contribution in [3.05, 3.63) is 18.0 Å². The van der Waals surface area contributed by atoms with Gasteiger partial charge in [0.05, 0.1) is 6.54 Å². The molecule has 96 valence electrons. The molecule has 2 aromatic rings. The standard InChI is InChI=1S/C11H16N6O/c1-4-16(3)11(18)7-12-9-5-6-10-14-13-8(2)17(10)15-9/h5-6H,4,7H2,1-3H3,(H,12,15). The molecule has 0 bridgehead atoms. The van der Waals surface area contributed by atoms with Crippen LogP contribution >= 0.6 is 0 Å². The third kappa shape index (κ3) is 2.39. The lowest BCUT2D eigenvalue weighted by molar-refractivity contribution is -0.127. The fourth-order valence-corrected chi connectivity index (χ4v) is 1.47. The molecule has 0 fully saturated rings. The Morgan fingerprint density at radius 1 is 1.44 bits per heavy atom. The second kappa shape index (κ2) is 4.99. The number of hydrogen-bond acceptors (Lipinski definition) is 5. The van der Waals surface area contributed by atoms with E-state index in [4.69, 9.17) is 0 Å². The van der Waals surface area contributed by atoms with Gasteiger partial charge in [-0.25, -0.2) is 0 Å². The van der Waals surface area contributed by atoms with Crippen LogP contribution in [-0.2, 0) is 4.79 Å². The second-order valence-electron chi connectivity index (χ2n) is 4.00. The van der Waals surface area contributed by atoms with Crippen LogP contribution in [0.5, 0.6) is 0 Å². The number of aryl methyl sites for hydroxylation is 1. The maximum absolute atomic E-state index is 11.6. The summed E-state index contributed by atoms with van der Waals surface area (Å²) in [6.45, 7) is 4.68. The molecule has 2 aromatic heterocycles. The van der Waals surface area contributed by atoms with E-state index in [9.17, 15) is 4.79 Å². The molecule has 0 spiro atoms. The highest BCUT2D eigenvalue weighted by molar-refractivity contribution is 5.80. The molecule has 0 aromatic carbocycles. The number of fused-ring (bicyclic) bond motifs is 1. The van der Waals surface area contributed by atoms with Crippen molar-refractivity contribution < 1.29 is 4.79 Å². The Kier molecular flexibility index (Phi) is 3.40. The molecule has 7 nitrogen and oxygen atoms in total. The zero-order valence-electron chi connectivity index (χ0n) is 10.7.